The second-order valence-electron chi connectivity index (χ2n) is 3.65. The number of carboxylic acid groups (broad SMARTS) is 1. The van der Waals surface area contributed by atoms with Crippen molar-refractivity contribution in [2.75, 3.05) is 0 Å². The van der Waals surface area contributed by atoms with Crippen LogP contribution in [0.5, 0.6) is 0 Å². The average molecular weight is 331 g/mol. The summed E-state index contributed by atoms with van der Waals surface area (Å²) in [6, 6.07) is 4.26. The Morgan fingerprint density at radius 2 is 2.30 bits per heavy atom. The highest BCUT2D eigenvalue weighted by atomic mass is 35.5. The third-order valence-electron chi connectivity index (χ3n) is 2.18. The number of hydrogen-bond donors (Lipinski definition) is 1. The van der Waals surface area contributed by atoms with Crippen molar-refractivity contribution in [2.24, 2.45) is 0 Å². The van der Waals surface area contributed by atoms with Gasteiger partial charge in [-0.05, 0) is 12.1 Å². The fraction of sp³-hybridized carbons (Fsp3) is 0.0909. The Bertz CT molecular complexity index is 674. The first-order valence-electron chi connectivity index (χ1n) is 5.23. The number of nitrogens with zero attached hydrogens (tertiary/aromatic N) is 2. The van der Waals surface area contributed by atoms with Gasteiger partial charge < -0.3 is 5.11 Å². The van der Waals surface area contributed by atoms with Crippen molar-refractivity contribution < 1.29 is 14.8 Å². The minimum atomic E-state index is -0.972. The van der Waals surface area contributed by atoms with E-state index in [4.69, 9.17) is 16.7 Å². The number of benzene rings is 1. The Hall–Kier alpha value is -1.64. The van der Waals surface area contributed by atoms with Crippen molar-refractivity contribution in [1.82, 2.24) is 4.98 Å². The van der Waals surface area contributed by atoms with Gasteiger partial charge in [0.2, 0.25) is 0 Å². The van der Waals surface area contributed by atoms with E-state index < -0.39 is 10.9 Å². The van der Waals surface area contributed by atoms with E-state index in [0.717, 1.165) is 11.8 Å². The van der Waals surface area contributed by atoms with Gasteiger partial charge in [-0.1, -0.05) is 23.4 Å². The summed E-state index contributed by atoms with van der Waals surface area (Å²) in [6.45, 7) is 0. The molecule has 0 unspecified atom stereocenters. The highest BCUT2D eigenvalue weighted by molar-refractivity contribution is 8.01. The van der Waals surface area contributed by atoms with Crippen LogP contribution in [0.15, 0.2) is 32.8 Å². The summed E-state index contributed by atoms with van der Waals surface area (Å²) in [4.78, 5) is 25.5. The minimum absolute atomic E-state index is 0.0608. The van der Waals surface area contributed by atoms with Gasteiger partial charge in [-0.2, -0.15) is 0 Å². The molecular weight excluding hydrogens is 324 g/mol. The molecule has 1 N–H and O–H groups in total. The summed E-state index contributed by atoms with van der Waals surface area (Å²) >= 11 is 8.16. The summed E-state index contributed by atoms with van der Waals surface area (Å²) in [6.07, 6.45) is -0.172. The topological polar surface area (TPSA) is 93.3 Å². The standard InChI is InChI=1S/C11H7ClN2O4S2/c12-6-1-2-8(14(17)18)9(3-6)20-11-13-7(5-19-11)4-10(15)16/h1-3,5H,4H2,(H,15,16). The van der Waals surface area contributed by atoms with Crippen LogP contribution in [0.2, 0.25) is 5.02 Å². The summed E-state index contributed by atoms with van der Waals surface area (Å²) in [5.74, 6) is -0.972. The fourth-order valence-electron chi connectivity index (χ4n) is 1.39. The smallest absolute Gasteiger partial charge is 0.309 e. The molecule has 0 radical (unpaired) electrons. The number of carboxylic acids is 1. The van der Waals surface area contributed by atoms with E-state index in [9.17, 15) is 14.9 Å². The van der Waals surface area contributed by atoms with E-state index in [1.165, 1.54) is 29.5 Å². The zero-order valence-electron chi connectivity index (χ0n) is 9.78. The molecular formula is C11H7ClN2O4S2. The minimum Gasteiger partial charge on any atom is -0.481 e. The van der Waals surface area contributed by atoms with Crippen molar-refractivity contribution in [2.45, 2.75) is 15.7 Å². The summed E-state index contributed by atoms with van der Waals surface area (Å²) in [7, 11) is 0. The summed E-state index contributed by atoms with van der Waals surface area (Å²) in [5, 5.41) is 21.6. The molecule has 1 heterocycles. The second kappa shape index (κ2) is 6.21. The van der Waals surface area contributed by atoms with Crippen molar-refractivity contribution in [3.8, 4) is 0 Å². The van der Waals surface area contributed by atoms with Crippen LogP contribution < -0.4 is 0 Å². The molecule has 20 heavy (non-hydrogen) atoms. The Kier molecular flexibility index (Phi) is 4.58. The van der Waals surface area contributed by atoms with E-state index in [1.54, 1.807) is 5.38 Å². The Morgan fingerprint density at radius 1 is 1.55 bits per heavy atom. The lowest BCUT2D eigenvalue weighted by Gasteiger charge is -2.00. The molecule has 104 valence electrons. The maximum Gasteiger partial charge on any atom is 0.309 e. The Morgan fingerprint density at radius 3 is 2.95 bits per heavy atom. The van der Waals surface area contributed by atoms with Gasteiger partial charge in [0.05, 0.1) is 21.9 Å². The van der Waals surface area contributed by atoms with Gasteiger partial charge in [0.15, 0.2) is 4.34 Å². The molecule has 0 aliphatic rings. The van der Waals surface area contributed by atoms with Crippen LogP contribution in [0.3, 0.4) is 0 Å². The van der Waals surface area contributed by atoms with Crippen molar-refractivity contribution in [3.05, 3.63) is 44.4 Å². The van der Waals surface area contributed by atoms with Crippen molar-refractivity contribution >= 4 is 46.4 Å². The van der Waals surface area contributed by atoms with Crippen LogP contribution in [-0.4, -0.2) is 21.0 Å². The van der Waals surface area contributed by atoms with Crippen LogP contribution >= 0.6 is 34.7 Å². The van der Waals surface area contributed by atoms with E-state index in [-0.39, 0.29) is 12.1 Å². The van der Waals surface area contributed by atoms with Gasteiger partial charge in [-0.15, -0.1) is 11.3 Å². The molecule has 0 atom stereocenters. The normalized spacial score (nSPS) is 10.4. The molecule has 0 bridgehead atoms. The number of thiazole rings is 1. The summed E-state index contributed by atoms with van der Waals surface area (Å²) < 4.78 is 0.534. The molecule has 0 fully saturated rings. The highest BCUT2D eigenvalue weighted by Gasteiger charge is 2.17. The molecule has 0 saturated heterocycles. The van der Waals surface area contributed by atoms with Gasteiger partial charge >= 0.3 is 5.97 Å². The van der Waals surface area contributed by atoms with Crippen LogP contribution in [0, 0.1) is 10.1 Å². The predicted octanol–water partition coefficient (Wildman–Crippen LogP) is 3.48. The van der Waals surface area contributed by atoms with Crippen LogP contribution in [0.25, 0.3) is 0 Å². The predicted molar refractivity (Wildman–Crippen MR) is 75.7 cm³/mol. The lowest BCUT2D eigenvalue weighted by Crippen LogP contribution is -1.99. The number of nitro benzene ring substituents is 1. The molecule has 0 aliphatic carbocycles. The maximum absolute atomic E-state index is 10.9. The van der Waals surface area contributed by atoms with E-state index in [0.29, 0.717) is 20.0 Å². The molecule has 0 saturated carbocycles. The van der Waals surface area contributed by atoms with E-state index >= 15 is 0 Å². The van der Waals surface area contributed by atoms with Crippen LogP contribution in [0.4, 0.5) is 5.69 Å². The lowest BCUT2D eigenvalue weighted by molar-refractivity contribution is -0.387. The van der Waals surface area contributed by atoms with Gasteiger partial charge in [-0.25, -0.2) is 4.98 Å². The van der Waals surface area contributed by atoms with Gasteiger partial charge in [0, 0.05) is 16.5 Å². The molecule has 2 aromatic rings. The third kappa shape index (κ3) is 3.69. The Balaban J connectivity index is 2.25. The number of nitro groups is 1. The lowest BCUT2D eigenvalue weighted by atomic mass is 10.3. The van der Waals surface area contributed by atoms with Crippen LogP contribution in [0.1, 0.15) is 5.69 Å². The number of hydrogen-bond acceptors (Lipinski definition) is 6. The van der Waals surface area contributed by atoms with E-state index in [1.807, 2.05) is 0 Å². The SMILES string of the molecule is O=C(O)Cc1csc(Sc2cc(Cl)ccc2[N+](=O)[O-])n1. The Labute approximate surface area is 126 Å². The first kappa shape index (κ1) is 14.8. The van der Waals surface area contributed by atoms with Gasteiger partial charge in [-0.3, -0.25) is 14.9 Å². The van der Waals surface area contributed by atoms with Crippen LogP contribution in [-0.2, 0) is 11.2 Å². The number of aliphatic carboxylic acids is 1. The maximum atomic E-state index is 10.9. The fourth-order valence-corrected chi connectivity index (χ4v) is 3.56. The monoisotopic (exact) mass is 330 g/mol. The highest BCUT2D eigenvalue weighted by Crippen LogP contribution is 2.37. The number of carbonyl (C=O) groups is 1. The molecule has 9 heteroatoms. The third-order valence-corrected chi connectivity index (χ3v) is 4.45. The molecule has 1 aromatic heterocycles. The molecule has 6 nitrogen and oxygen atoms in total. The largest absolute Gasteiger partial charge is 0.481 e. The molecule has 0 amide bonds. The first-order valence-corrected chi connectivity index (χ1v) is 7.31. The molecule has 0 aliphatic heterocycles. The summed E-state index contributed by atoms with van der Waals surface area (Å²) in [5.41, 5.74) is 0.365. The average Bonchev–Trinajstić information content (AvgIpc) is 2.75. The number of aromatic nitrogens is 1. The number of halogens is 1. The van der Waals surface area contributed by atoms with Crippen molar-refractivity contribution in [1.29, 1.82) is 0 Å². The molecule has 0 spiro atoms. The number of rotatable bonds is 5. The zero-order chi connectivity index (χ0) is 14.7. The van der Waals surface area contributed by atoms with E-state index in [2.05, 4.69) is 4.98 Å². The van der Waals surface area contributed by atoms with Crippen molar-refractivity contribution in [3.63, 3.8) is 0 Å². The molecule has 2 rings (SSSR count). The second-order valence-corrected chi connectivity index (χ2v) is 6.23. The quantitative estimate of drug-likeness (QED) is 0.666. The zero-order valence-corrected chi connectivity index (χ0v) is 12.2. The van der Waals surface area contributed by atoms with Gasteiger partial charge in [0.1, 0.15) is 0 Å². The first-order chi connectivity index (χ1) is 9.45. The molecule has 1 aromatic carbocycles. The van der Waals surface area contributed by atoms with Gasteiger partial charge in [0.25, 0.3) is 5.69 Å².